The minimum absolute atomic E-state index is 0.204. The van der Waals surface area contributed by atoms with Crippen LogP contribution in [-0.2, 0) is 16.8 Å². The lowest BCUT2D eigenvalue weighted by Gasteiger charge is -2.26. The average Bonchev–Trinajstić information content (AvgIpc) is 3.16. The standard InChI is InChI=1S/C27H28FNO2/c1-19-15-21(13-14-23(19)28)29-24-11-8-12-25(31-17-20-9-6-5-7-10-20)22(24)16-26(29)27(2,3)18-30-4/h5-16H,17-18H2,1-4H3. The van der Waals surface area contributed by atoms with Crippen LogP contribution in [0.25, 0.3) is 16.6 Å². The van der Waals surface area contributed by atoms with E-state index in [0.29, 0.717) is 18.8 Å². The van der Waals surface area contributed by atoms with Crippen LogP contribution < -0.4 is 4.74 Å². The molecule has 0 atom stereocenters. The summed E-state index contributed by atoms with van der Waals surface area (Å²) in [4.78, 5) is 0. The molecule has 4 rings (SSSR count). The van der Waals surface area contributed by atoms with Gasteiger partial charge in [0.1, 0.15) is 18.2 Å². The molecule has 3 aromatic carbocycles. The van der Waals surface area contributed by atoms with Crippen molar-refractivity contribution in [3.63, 3.8) is 0 Å². The molecule has 0 saturated heterocycles. The van der Waals surface area contributed by atoms with Gasteiger partial charge in [-0.05, 0) is 54.4 Å². The first-order valence-electron chi connectivity index (χ1n) is 10.5. The Balaban J connectivity index is 1.86. The molecule has 160 valence electrons. The Morgan fingerprint density at radius 3 is 2.42 bits per heavy atom. The highest BCUT2D eigenvalue weighted by molar-refractivity contribution is 5.89. The van der Waals surface area contributed by atoms with Crippen LogP contribution in [0.5, 0.6) is 5.75 Å². The van der Waals surface area contributed by atoms with E-state index in [0.717, 1.165) is 33.6 Å². The minimum atomic E-state index is -0.257. The van der Waals surface area contributed by atoms with Crippen LogP contribution in [0.2, 0.25) is 0 Å². The van der Waals surface area contributed by atoms with Crippen LogP contribution in [-0.4, -0.2) is 18.3 Å². The van der Waals surface area contributed by atoms with E-state index in [-0.39, 0.29) is 11.2 Å². The van der Waals surface area contributed by atoms with Crippen molar-refractivity contribution in [1.29, 1.82) is 0 Å². The Morgan fingerprint density at radius 1 is 0.935 bits per heavy atom. The molecule has 0 unspecified atom stereocenters. The fourth-order valence-corrected chi connectivity index (χ4v) is 4.04. The van der Waals surface area contributed by atoms with Crippen molar-refractivity contribution in [2.75, 3.05) is 13.7 Å². The van der Waals surface area contributed by atoms with Crippen LogP contribution in [0.3, 0.4) is 0 Å². The van der Waals surface area contributed by atoms with Gasteiger partial charge in [0.15, 0.2) is 0 Å². The number of ether oxygens (including phenoxy) is 2. The Bertz CT molecular complexity index is 1190. The molecule has 31 heavy (non-hydrogen) atoms. The molecule has 0 bridgehead atoms. The zero-order valence-electron chi connectivity index (χ0n) is 18.5. The van der Waals surface area contributed by atoms with Crippen molar-refractivity contribution in [2.24, 2.45) is 0 Å². The zero-order chi connectivity index (χ0) is 22.0. The first kappa shape index (κ1) is 21.1. The second-order valence-electron chi connectivity index (χ2n) is 8.58. The van der Waals surface area contributed by atoms with Gasteiger partial charge in [0.2, 0.25) is 0 Å². The van der Waals surface area contributed by atoms with Crippen molar-refractivity contribution in [3.8, 4) is 11.4 Å². The highest BCUT2D eigenvalue weighted by atomic mass is 19.1. The number of nitrogens with zero attached hydrogens (tertiary/aromatic N) is 1. The third-order valence-corrected chi connectivity index (χ3v) is 5.64. The summed E-state index contributed by atoms with van der Waals surface area (Å²) in [7, 11) is 1.71. The smallest absolute Gasteiger partial charge is 0.129 e. The topological polar surface area (TPSA) is 23.4 Å². The minimum Gasteiger partial charge on any atom is -0.488 e. The van der Waals surface area contributed by atoms with Gasteiger partial charge in [0, 0.05) is 29.3 Å². The second-order valence-corrected chi connectivity index (χ2v) is 8.58. The molecular weight excluding hydrogens is 389 g/mol. The fraction of sp³-hybridized carbons (Fsp3) is 0.259. The molecule has 0 fully saturated rings. The normalized spacial score (nSPS) is 11.8. The predicted octanol–water partition coefficient (Wildman–Crippen LogP) is 6.58. The van der Waals surface area contributed by atoms with Gasteiger partial charge in [-0.2, -0.15) is 0 Å². The summed E-state index contributed by atoms with van der Waals surface area (Å²) in [6, 6.07) is 23.6. The number of hydrogen-bond acceptors (Lipinski definition) is 2. The Labute approximate surface area is 183 Å². The largest absolute Gasteiger partial charge is 0.488 e. The van der Waals surface area contributed by atoms with E-state index in [1.54, 1.807) is 14.0 Å². The van der Waals surface area contributed by atoms with Crippen LogP contribution in [0, 0.1) is 12.7 Å². The summed E-state index contributed by atoms with van der Waals surface area (Å²) in [6.07, 6.45) is 0. The molecule has 1 aromatic heterocycles. The maximum Gasteiger partial charge on any atom is 0.129 e. The monoisotopic (exact) mass is 417 g/mol. The third-order valence-electron chi connectivity index (χ3n) is 5.64. The van der Waals surface area contributed by atoms with E-state index < -0.39 is 0 Å². The van der Waals surface area contributed by atoms with Crippen molar-refractivity contribution in [2.45, 2.75) is 32.8 Å². The predicted molar refractivity (Wildman–Crippen MR) is 124 cm³/mol. The molecule has 3 nitrogen and oxygen atoms in total. The van der Waals surface area contributed by atoms with Gasteiger partial charge < -0.3 is 14.0 Å². The SMILES string of the molecule is COCC(C)(C)c1cc2c(OCc3ccccc3)cccc2n1-c1ccc(F)c(C)c1. The van der Waals surface area contributed by atoms with E-state index in [9.17, 15) is 4.39 Å². The molecule has 0 radical (unpaired) electrons. The van der Waals surface area contributed by atoms with Crippen LogP contribution >= 0.6 is 0 Å². The quantitative estimate of drug-likeness (QED) is 0.339. The number of hydrogen-bond donors (Lipinski definition) is 0. The summed E-state index contributed by atoms with van der Waals surface area (Å²) >= 11 is 0. The number of fused-ring (bicyclic) bond motifs is 1. The van der Waals surface area contributed by atoms with Gasteiger partial charge >= 0.3 is 0 Å². The number of benzene rings is 3. The van der Waals surface area contributed by atoms with Gasteiger partial charge in [-0.1, -0.05) is 50.2 Å². The van der Waals surface area contributed by atoms with Crippen LogP contribution in [0.15, 0.2) is 72.8 Å². The highest BCUT2D eigenvalue weighted by Crippen LogP contribution is 2.37. The summed E-state index contributed by atoms with van der Waals surface area (Å²) in [5.41, 5.74) is 4.52. The first-order valence-corrected chi connectivity index (χ1v) is 10.5. The lowest BCUT2D eigenvalue weighted by atomic mass is 9.90. The molecule has 0 spiro atoms. The second kappa shape index (κ2) is 8.56. The first-order chi connectivity index (χ1) is 14.9. The van der Waals surface area contributed by atoms with Gasteiger partial charge in [-0.25, -0.2) is 4.39 Å². The molecule has 0 aliphatic rings. The molecule has 1 heterocycles. The van der Waals surface area contributed by atoms with E-state index in [1.165, 1.54) is 6.07 Å². The molecule has 0 saturated carbocycles. The van der Waals surface area contributed by atoms with E-state index >= 15 is 0 Å². The van der Waals surface area contributed by atoms with E-state index in [2.05, 4.69) is 42.7 Å². The van der Waals surface area contributed by atoms with Gasteiger partial charge in [-0.3, -0.25) is 0 Å². The van der Waals surface area contributed by atoms with Crippen LogP contribution in [0.4, 0.5) is 4.39 Å². The van der Waals surface area contributed by atoms with Gasteiger partial charge in [0.25, 0.3) is 0 Å². The molecule has 4 aromatic rings. The Hall–Kier alpha value is -3.11. The molecule has 4 heteroatoms. The Morgan fingerprint density at radius 2 is 1.71 bits per heavy atom. The van der Waals surface area contributed by atoms with Crippen molar-refractivity contribution < 1.29 is 13.9 Å². The number of halogens is 1. The van der Waals surface area contributed by atoms with Crippen molar-refractivity contribution >= 4 is 10.9 Å². The fourth-order valence-electron chi connectivity index (χ4n) is 4.04. The van der Waals surface area contributed by atoms with Gasteiger partial charge in [0.05, 0.1) is 12.1 Å². The molecule has 0 aliphatic carbocycles. The maximum atomic E-state index is 14.0. The summed E-state index contributed by atoms with van der Waals surface area (Å²) in [6.45, 7) is 7.16. The van der Waals surface area contributed by atoms with Crippen molar-refractivity contribution in [3.05, 3.63) is 95.4 Å². The van der Waals surface area contributed by atoms with Crippen molar-refractivity contribution in [1.82, 2.24) is 4.57 Å². The summed E-state index contributed by atoms with van der Waals surface area (Å²) in [5.74, 6) is 0.623. The highest BCUT2D eigenvalue weighted by Gasteiger charge is 2.28. The summed E-state index contributed by atoms with van der Waals surface area (Å²) in [5, 5.41) is 1.03. The molecule has 0 aliphatic heterocycles. The lowest BCUT2D eigenvalue weighted by Crippen LogP contribution is -2.26. The molecule has 0 amide bonds. The van der Waals surface area contributed by atoms with E-state index in [4.69, 9.17) is 9.47 Å². The number of methoxy groups -OCH3 is 1. The third kappa shape index (κ3) is 4.21. The van der Waals surface area contributed by atoms with Crippen LogP contribution in [0.1, 0.15) is 30.7 Å². The summed E-state index contributed by atoms with van der Waals surface area (Å²) < 4.78 is 27.9. The number of aryl methyl sites for hydroxylation is 1. The molecule has 0 N–H and O–H groups in total. The van der Waals surface area contributed by atoms with E-state index in [1.807, 2.05) is 42.5 Å². The Kier molecular flexibility index (Phi) is 5.84. The van der Waals surface area contributed by atoms with Gasteiger partial charge in [-0.15, -0.1) is 0 Å². The lowest BCUT2D eigenvalue weighted by molar-refractivity contribution is 0.144. The number of rotatable bonds is 7. The zero-order valence-corrected chi connectivity index (χ0v) is 18.5. The maximum absolute atomic E-state index is 14.0. The molecular formula is C27H28FNO2. The average molecular weight is 418 g/mol. The number of aromatic nitrogens is 1.